The van der Waals surface area contributed by atoms with Gasteiger partial charge in [0.05, 0.1) is 16.8 Å². The van der Waals surface area contributed by atoms with Gasteiger partial charge in [0.15, 0.2) is 0 Å². The number of nitrogens with two attached hydrogens (primary N) is 1. The Balaban J connectivity index is 2.29. The summed E-state index contributed by atoms with van der Waals surface area (Å²) in [6.45, 7) is 8.63. The molecular weight excluding hydrogens is 322 g/mol. The third kappa shape index (κ3) is 3.15. The van der Waals surface area contributed by atoms with E-state index in [1.165, 1.54) is 0 Å². The Morgan fingerprint density at radius 3 is 2.73 bits per heavy atom. The molecule has 26 heavy (non-hydrogen) atoms. The van der Waals surface area contributed by atoms with E-state index in [0.717, 1.165) is 52.8 Å². The van der Waals surface area contributed by atoms with Crippen LogP contribution in [0.1, 0.15) is 41.5 Å². The van der Waals surface area contributed by atoms with Crippen molar-refractivity contribution in [2.75, 3.05) is 0 Å². The number of rotatable bonds is 7. The molecule has 0 aliphatic rings. The van der Waals surface area contributed by atoms with Crippen LogP contribution in [0.2, 0.25) is 0 Å². The number of hydrogen-bond acceptors (Lipinski definition) is 2. The Morgan fingerprint density at radius 2 is 2.04 bits per heavy atom. The minimum Gasteiger partial charge on any atom is -0.366 e. The summed E-state index contributed by atoms with van der Waals surface area (Å²) in [5.74, 6) is -0.409. The number of primary amides is 1. The number of carbonyl (C=O) groups excluding carboxylic acids is 1. The van der Waals surface area contributed by atoms with Gasteiger partial charge in [-0.25, -0.2) is 4.98 Å². The average molecular weight is 347 g/mol. The van der Waals surface area contributed by atoms with Crippen LogP contribution in [0, 0.1) is 6.92 Å². The fourth-order valence-corrected chi connectivity index (χ4v) is 3.56. The summed E-state index contributed by atoms with van der Waals surface area (Å²) in [5, 5.41) is 1.08. The van der Waals surface area contributed by atoms with Crippen molar-refractivity contribution in [2.45, 2.75) is 39.7 Å². The number of carbonyl (C=O) groups is 1. The molecule has 2 heterocycles. The molecule has 2 aromatic heterocycles. The quantitative estimate of drug-likeness (QED) is 0.633. The summed E-state index contributed by atoms with van der Waals surface area (Å²) in [6.07, 6.45) is 4.85. The minimum atomic E-state index is -0.409. The van der Waals surface area contributed by atoms with Crippen LogP contribution in [0.4, 0.5) is 0 Å². The molecule has 0 unspecified atom stereocenters. The van der Waals surface area contributed by atoms with E-state index in [-0.39, 0.29) is 0 Å². The molecule has 0 bridgehead atoms. The van der Waals surface area contributed by atoms with Crippen LogP contribution < -0.4 is 5.73 Å². The summed E-state index contributed by atoms with van der Waals surface area (Å²) in [7, 11) is 0. The SMILES string of the molecule is C=CCn1c(C)c(C(N)=O)c(-c2ccc3ccccc3n2)c1CCCC. The van der Waals surface area contributed by atoms with E-state index in [1.807, 2.05) is 49.4 Å². The summed E-state index contributed by atoms with van der Waals surface area (Å²) in [6, 6.07) is 12.0. The molecule has 4 heteroatoms. The van der Waals surface area contributed by atoms with Crippen molar-refractivity contribution < 1.29 is 4.79 Å². The summed E-state index contributed by atoms with van der Waals surface area (Å²) in [4.78, 5) is 17.1. The van der Waals surface area contributed by atoms with Gasteiger partial charge >= 0.3 is 0 Å². The van der Waals surface area contributed by atoms with Gasteiger partial charge < -0.3 is 10.3 Å². The van der Waals surface area contributed by atoms with Gasteiger partial charge in [-0.2, -0.15) is 0 Å². The Hall–Kier alpha value is -2.88. The number of para-hydroxylation sites is 1. The summed E-state index contributed by atoms with van der Waals surface area (Å²) >= 11 is 0. The van der Waals surface area contributed by atoms with Gasteiger partial charge in [-0.05, 0) is 31.9 Å². The van der Waals surface area contributed by atoms with Gasteiger partial charge in [0.1, 0.15) is 0 Å². The first kappa shape index (κ1) is 17.9. The molecule has 0 saturated carbocycles. The van der Waals surface area contributed by atoms with Crippen LogP contribution in [0.25, 0.3) is 22.2 Å². The highest BCUT2D eigenvalue weighted by molar-refractivity contribution is 6.02. The highest BCUT2D eigenvalue weighted by Crippen LogP contribution is 2.33. The first-order valence-electron chi connectivity index (χ1n) is 9.07. The van der Waals surface area contributed by atoms with E-state index in [2.05, 4.69) is 18.1 Å². The number of benzene rings is 1. The third-order valence-corrected chi connectivity index (χ3v) is 4.81. The lowest BCUT2D eigenvalue weighted by Gasteiger charge is -2.11. The molecule has 0 fully saturated rings. The fourth-order valence-electron chi connectivity index (χ4n) is 3.56. The maximum Gasteiger partial charge on any atom is 0.251 e. The van der Waals surface area contributed by atoms with Crippen molar-refractivity contribution >= 4 is 16.8 Å². The predicted molar refractivity (Wildman–Crippen MR) is 107 cm³/mol. The van der Waals surface area contributed by atoms with Gasteiger partial charge in [0.2, 0.25) is 0 Å². The molecule has 0 radical (unpaired) electrons. The van der Waals surface area contributed by atoms with Crippen molar-refractivity contribution in [3.63, 3.8) is 0 Å². The van der Waals surface area contributed by atoms with E-state index in [0.29, 0.717) is 12.1 Å². The Morgan fingerprint density at radius 1 is 1.27 bits per heavy atom. The molecule has 134 valence electrons. The maximum absolute atomic E-state index is 12.3. The lowest BCUT2D eigenvalue weighted by atomic mass is 10.0. The summed E-state index contributed by atoms with van der Waals surface area (Å²) in [5.41, 5.74) is 10.9. The van der Waals surface area contributed by atoms with E-state index < -0.39 is 5.91 Å². The number of amides is 1. The molecule has 2 N–H and O–H groups in total. The molecule has 1 aromatic carbocycles. The molecule has 0 aliphatic heterocycles. The largest absolute Gasteiger partial charge is 0.366 e. The van der Waals surface area contributed by atoms with Crippen LogP contribution in [-0.4, -0.2) is 15.5 Å². The standard InChI is InChI=1S/C22H25N3O/c1-4-6-11-19-21(20(22(23)26)15(3)25(19)14-5-2)18-13-12-16-9-7-8-10-17(16)24-18/h5,7-10,12-13H,2,4,6,11,14H2,1,3H3,(H2,23,26). The monoisotopic (exact) mass is 347 g/mol. The van der Waals surface area contributed by atoms with Crippen LogP contribution >= 0.6 is 0 Å². The molecule has 0 saturated heterocycles. The number of hydrogen-bond donors (Lipinski definition) is 1. The molecule has 3 aromatic rings. The third-order valence-electron chi connectivity index (χ3n) is 4.81. The highest BCUT2D eigenvalue weighted by Gasteiger charge is 2.25. The van der Waals surface area contributed by atoms with Gasteiger partial charge in [0, 0.05) is 28.9 Å². The molecule has 4 nitrogen and oxygen atoms in total. The fraction of sp³-hybridized carbons (Fsp3) is 0.273. The molecule has 0 atom stereocenters. The predicted octanol–water partition coefficient (Wildman–Crippen LogP) is 4.64. The number of fused-ring (bicyclic) bond motifs is 1. The van der Waals surface area contributed by atoms with E-state index in [9.17, 15) is 4.79 Å². The Labute approximate surface area is 154 Å². The lowest BCUT2D eigenvalue weighted by molar-refractivity contribution is 0.1000. The van der Waals surface area contributed by atoms with Crippen LogP contribution in [-0.2, 0) is 13.0 Å². The van der Waals surface area contributed by atoms with Crippen molar-refractivity contribution in [2.24, 2.45) is 5.73 Å². The second-order valence-corrected chi connectivity index (χ2v) is 6.54. The highest BCUT2D eigenvalue weighted by atomic mass is 16.1. The Bertz CT molecular complexity index is 969. The van der Waals surface area contributed by atoms with Gasteiger partial charge in [-0.3, -0.25) is 4.79 Å². The zero-order valence-electron chi connectivity index (χ0n) is 15.5. The van der Waals surface area contributed by atoms with Crippen molar-refractivity contribution in [1.29, 1.82) is 0 Å². The van der Waals surface area contributed by atoms with Gasteiger partial charge in [0.25, 0.3) is 5.91 Å². The van der Waals surface area contributed by atoms with Crippen LogP contribution in [0.3, 0.4) is 0 Å². The topological polar surface area (TPSA) is 60.9 Å². The van der Waals surface area contributed by atoms with E-state index in [1.54, 1.807) is 0 Å². The zero-order valence-corrected chi connectivity index (χ0v) is 15.5. The first-order valence-corrected chi connectivity index (χ1v) is 9.07. The number of nitrogens with zero attached hydrogens (tertiary/aromatic N) is 2. The first-order chi connectivity index (χ1) is 12.6. The second kappa shape index (κ2) is 7.56. The summed E-state index contributed by atoms with van der Waals surface area (Å²) < 4.78 is 2.15. The number of unbranched alkanes of at least 4 members (excludes halogenated alkanes) is 1. The van der Waals surface area contributed by atoms with Gasteiger partial charge in [-0.15, -0.1) is 6.58 Å². The van der Waals surface area contributed by atoms with Crippen molar-refractivity contribution in [3.05, 3.63) is 66.0 Å². The average Bonchev–Trinajstić information content (AvgIpc) is 2.92. The lowest BCUT2D eigenvalue weighted by Crippen LogP contribution is -2.13. The number of aromatic nitrogens is 2. The van der Waals surface area contributed by atoms with Crippen LogP contribution in [0.5, 0.6) is 0 Å². The van der Waals surface area contributed by atoms with Crippen LogP contribution in [0.15, 0.2) is 49.1 Å². The van der Waals surface area contributed by atoms with Crippen molar-refractivity contribution in [1.82, 2.24) is 9.55 Å². The second-order valence-electron chi connectivity index (χ2n) is 6.54. The number of pyridine rings is 1. The molecular formula is C22H25N3O. The van der Waals surface area contributed by atoms with Gasteiger partial charge in [-0.1, -0.05) is 43.7 Å². The number of allylic oxidation sites excluding steroid dienone is 1. The molecule has 0 spiro atoms. The maximum atomic E-state index is 12.3. The molecule has 3 rings (SSSR count). The van der Waals surface area contributed by atoms with E-state index >= 15 is 0 Å². The van der Waals surface area contributed by atoms with E-state index in [4.69, 9.17) is 10.7 Å². The molecule has 0 aliphatic carbocycles. The normalized spacial score (nSPS) is 11.0. The Kier molecular flexibility index (Phi) is 5.21. The molecule has 1 amide bonds. The minimum absolute atomic E-state index is 0.409. The van der Waals surface area contributed by atoms with Crippen molar-refractivity contribution in [3.8, 4) is 11.3 Å². The zero-order chi connectivity index (χ0) is 18.7. The smallest absolute Gasteiger partial charge is 0.251 e.